The standard InChI is InChI=1S/C15H22N2OS/c1-15(2)7-4-8-17(15)10-11-5-6-13(18-3)12(9-11)14(16)19/h5-6,9H,4,7-8,10H2,1-3H3,(H2,16,19). The second-order valence-electron chi connectivity index (χ2n) is 5.74. The van der Waals surface area contributed by atoms with Gasteiger partial charge in [-0.25, -0.2) is 0 Å². The minimum Gasteiger partial charge on any atom is -0.496 e. The van der Waals surface area contributed by atoms with E-state index in [1.807, 2.05) is 6.07 Å². The zero-order chi connectivity index (χ0) is 14.0. The topological polar surface area (TPSA) is 38.5 Å². The molecule has 2 rings (SSSR count). The van der Waals surface area contributed by atoms with Gasteiger partial charge in [-0.1, -0.05) is 18.3 Å². The van der Waals surface area contributed by atoms with Crippen LogP contribution in [0.15, 0.2) is 18.2 Å². The fourth-order valence-electron chi connectivity index (χ4n) is 2.72. The van der Waals surface area contributed by atoms with Crippen molar-refractivity contribution in [3.05, 3.63) is 29.3 Å². The van der Waals surface area contributed by atoms with Crippen molar-refractivity contribution in [1.82, 2.24) is 4.90 Å². The maximum atomic E-state index is 5.76. The van der Waals surface area contributed by atoms with E-state index in [0.717, 1.165) is 24.4 Å². The molecule has 1 fully saturated rings. The van der Waals surface area contributed by atoms with Crippen LogP contribution in [0, 0.1) is 0 Å². The number of ether oxygens (including phenoxy) is 1. The first-order chi connectivity index (χ1) is 8.94. The second kappa shape index (κ2) is 5.47. The molecule has 1 aromatic rings. The number of nitrogens with two attached hydrogens (primary N) is 1. The molecular weight excluding hydrogens is 256 g/mol. The van der Waals surface area contributed by atoms with Crippen LogP contribution in [0.1, 0.15) is 37.8 Å². The van der Waals surface area contributed by atoms with Gasteiger partial charge in [-0.3, -0.25) is 4.90 Å². The number of hydrogen-bond donors (Lipinski definition) is 1. The highest BCUT2D eigenvalue weighted by Gasteiger charge is 2.31. The molecule has 1 aromatic carbocycles. The third-order valence-electron chi connectivity index (χ3n) is 3.98. The summed E-state index contributed by atoms with van der Waals surface area (Å²) in [5, 5.41) is 0. The molecule has 19 heavy (non-hydrogen) atoms. The van der Waals surface area contributed by atoms with Gasteiger partial charge in [0.1, 0.15) is 10.7 Å². The molecular formula is C15H22N2OS. The largest absolute Gasteiger partial charge is 0.496 e. The second-order valence-corrected chi connectivity index (χ2v) is 6.18. The van der Waals surface area contributed by atoms with Gasteiger partial charge in [-0.15, -0.1) is 0 Å². The Hall–Kier alpha value is -1.13. The van der Waals surface area contributed by atoms with E-state index in [2.05, 4.69) is 30.9 Å². The van der Waals surface area contributed by atoms with Crippen LogP contribution < -0.4 is 10.5 Å². The molecule has 0 bridgehead atoms. The summed E-state index contributed by atoms with van der Waals surface area (Å²) in [6.07, 6.45) is 2.52. The van der Waals surface area contributed by atoms with Crippen molar-refractivity contribution in [3.8, 4) is 5.75 Å². The van der Waals surface area contributed by atoms with Crippen molar-refractivity contribution >= 4 is 17.2 Å². The van der Waals surface area contributed by atoms with Gasteiger partial charge in [-0.05, 0) is 50.9 Å². The highest BCUT2D eigenvalue weighted by Crippen LogP contribution is 2.30. The maximum absolute atomic E-state index is 5.76. The zero-order valence-corrected chi connectivity index (χ0v) is 12.7. The van der Waals surface area contributed by atoms with Crippen LogP contribution in [0.25, 0.3) is 0 Å². The maximum Gasteiger partial charge on any atom is 0.129 e. The van der Waals surface area contributed by atoms with Gasteiger partial charge in [0.05, 0.1) is 12.7 Å². The normalized spacial score (nSPS) is 18.5. The third kappa shape index (κ3) is 3.07. The van der Waals surface area contributed by atoms with Gasteiger partial charge in [-0.2, -0.15) is 0 Å². The summed E-state index contributed by atoms with van der Waals surface area (Å²) in [5.41, 5.74) is 8.10. The molecule has 1 saturated heterocycles. The molecule has 3 nitrogen and oxygen atoms in total. The van der Waals surface area contributed by atoms with Crippen LogP contribution in [-0.4, -0.2) is 29.1 Å². The summed E-state index contributed by atoms with van der Waals surface area (Å²) in [5.74, 6) is 0.747. The molecule has 0 amide bonds. The van der Waals surface area contributed by atoms with Gasteiger partial charge >= 0.3 is 0 Å². The summed E-state index contributed by atoms with van der Waals surface area (Å²) < 4.78 is 5.29. The molecule has 0 saturated carbocycles. The van der Waals surface area contributed by atoms with Crippen molar-refractivity contribution in [2.24, 2.45) is 5.73 Å². The average Bonchev–Trinajstić information content (AvgIpc) is 2.68. The Morgan fingerprint density at radius 2 is 2.21 bits per heavy atom. The van der Waals surface area contributed by atoms with Crippen molar-refractivity contribution in [3.63, 3.8) is 0 Å². The number of thiocarbonyl (C=S) groups is 1. The molecule has 0 aromatic heterocycles. The van der Waals surface area contributed by atoms with Crippen LogP contribution in [0.4, 0.5) is 0 Å². The summed E-state index contributed by atoms with van der Waals surface area (Å²) in [4.78, 5) is 2.90. The number of rotatable bonds is 4. The van der Waals surface area contributed by atoms with E-state index >= 15 is 0 Å². The summed E-state index contributed by atoms with van der Waals surface area (Å²) in [6, 6.07) is 6.09. The number of methoxy groups -OCH3 is 1. The van der Waals surface area contributed by atoms with Crippen LogP contribution >= 0.6 is 12.2 Å². The fraction of sp³-hybridized carbons (Fsp3) is 0.533. The number of nitrogens with zero attached hydrogens (tertiary/aromatic N) is 1. The number of likely N-dealkylation sites (tertiary alicyclic amines) is 1. The Morgan fingerprint density at radius 3 is 2.74 bits per heavy atom. The van der Waals surface area contributed by atoms with Crippen LogP contribution in [-0.2, 0) is 6.54 Å². The first-order valence-corrected chi connectivity index (χ1v) is 7.06. The Labute approximate surface area is 120 Å². The fourth-order valence-corrected chi connectivity index (χ4v) is 2.88. The quantitative estimate of drug-likeness (QED) is 0.860. The van der Waals surface area contributed by atoms with Gasteiger partial charge in [0.25, 0.3) is 0 Å². The van der Waals surface area contributed by atoms with Crippen LogP contribution in [0.3, 0.4) is 0 Å². The monoisotopic (exact) mass is 278 g/mol. The lowest BCUT2D eigenvalue weighted by atomic mass is 10.0. The molecule has 1 aliphatic rings. The van der Waals surface area contributed by atoms with Gasteiger partial charge in [0, 0.05) is 12.1 Å². The van der Waals surface area contributed by atoms with E-state index in [9.17, 15) is 0 Å². The highest BCUT2D eigenvalue weighted by molar-refractivity contribution is 7.80. The van der Waals surface area contributed by atoms with Crippen LogP contribution in [0.5, 0.6) is 5.75 Å². The lowest BCUT2D eigenvalue weighted by Crippen LogP contribution is -2.37. The molecule has 0 unspecified atom stereocenters. The predicted molar refractivity (Wildman–Crippen MR) is 82.6 cm³/mol. The number of hydrogen-bond acceptors (Lipinski definition) is 3. The smallest absolute Gasteiger partial charge is 0.129 e. The van der Waals surface area contributed by atoms with E-state index in [1.54, 1.807) is 7.11 Å². The van der Waals surface area contributed by atoms with E-state index in [1.165, 1.54) is 18.4 Å². The minimum absolute atomic E-state index is 0.281. The molecule has 4 heteroatoms. The van der Waals surface area contributed by atoms with Crippen molar-refractivity contribution in [1.29, 1.82) is 0 Å². The van der Waals surface area contributed by atoms with Gasteiger partial charge in [0.2, 0.25) is 0 Å². The van der Waals surface area contributed by atoms with Gasteiger partial charge < -0.3 is 10.5 Å². The first kappa shape index (κ1) is 14.3. The highest BCUT2D eigenvalue weighted by atomic mass is 32.1. The van der Waals surface area contributed by atoms with E-state index in [0.29, 0.717) is 4.99 Å². The average molecular weight is 278 g/mol. The molecule has 2 N–H and O–H groups in total. The molecule has 1 aliphatic heterocycles. The zero-order valence-electron chi connectivity index (χ0n) is 11.9. The third-order valence-corrected chi connectivity index (χ3v) is 4.20. The molecule has 0 aliphatic carbocycles. The lowest BCUT2D eigenvalue weighted by Gasteiger charge is -2.31. The SMILES string of the molecule is COc1ccc(CN2CCCC2(C)C)cc1C(N)=S. The molecule has 0 spiro atoms. The van der Waals surface area contributed by atoms with Crippen molar-refractivity contribution < 1.29 is 4.74 Å². The van der Waals surface area contributed by atoms with Crippen molar-refractivity contribution in [2.75, 3.05) is 13.7 Å². The Kier molecular flexibility index (Phi) is 4.11. The summed E-state index contributed by atoms with van der Waals surface area (Å²) >= 11 is 5.09. The molecule has 0 radical (unpaired) electrons. The Balaban J connectivity index is 2.22. The van der Waals surface area contributed by atoms with E-state index in [4.69, 9.17) is 22.7 Å². The number of benzene rings is 1. The lowest BCUT2D eigenvalue weighted by molar-refractivity contribution is 0.166. The van der Waals surface area contributed by atoms with E-state index < -0.39 is 0 Å². The summed E-state index contributed by atoms with van der Waals surface area (Å²) in [6.45, 7) is 6.70. The van der Waals surface area contributed by atoms with Crippen molar-refractivity contribution in [2.45, 2.75) is 38.8 Å². The Bertz CT molecular complexity index is 485. The van der Waals surface area contributed by atoms with Gasteiger partial charge in [0.15, 0.2) is 0 Å². The predicted octanol–water partition coefficient (Wildman–Crippen LogP) is 2.70. The first-order valence-electron chi connectivity index (χ1n) is 6.66. The molecule has 0 atom stereocenters. The molecule has 104 valence electrons. The molecule has 1 heterocycles. The van der Waals surface area contributed by atoms with E-state index in [-0.39, 0.29) is 5.54 Å². The van der Waals surface area contributed by atoms with Crippen LogP contribution in [0.2, 0.25) is 0 Å². The Morgan fingerprint density at radius 1 is 1.47 bits per heavy atom. The summed E-state index contributed by atoms with van der Waals surface area (Å²) in [7, 11) is 1.64. The minimum atomic E-state index is 0.281.